The smallest absolute Gasteiger partial charge is 0.220 e. The Kier molecular flexibility index (Phi) is 10.5. The monoisotopic (exact) mass is 476 g/mol. The van der Waals surface area contributed by atoms with Crippen molar-refractivity contribution < 1.29 is 9.18 Å². The molecule has 0 aliphatic heterocycles. The van der Waals surface area contributed by atoms with Crippen molar-refractivity contribution in [3.8, 4) is 0 Å². The van der Waals surface area contributed by atoms with Gasteiger partial charge < -0.3 is 16.0 Å². The van der Waals surface area contributed by atoms with Crippen molar-refractivity contribution in [2.75, 3.05) is 19.6 Å². The van der Waals surface area contributed by atoms with Crippen LogP contribution in [0.3, 0.4) is 0 Å². The van der Waals surface area contributed by atoms with Crippen LogP contribution in [0.2, 0.25) is 0 Å². The number of nitrogens with one attached hydrogen (secondary N) is 3. The van der Waals surface area contributed by atoms with Crippen LogP contribution in [0, 0.1) is 12.7 Å². The summed E-state index contributed by atoms with van der Waals surface area (Å²) in [6.45, 7) is 6.06. The maximum Gasteiger partial charge on any atom is 0.220 e. The van der Waals surface area contributed by atoms with E-state index in [1.165, 1.54) is 6.07 Å². The van der Waals surface area contributed by atoms with Crippen molar-refractivity contribution in [1.29, 1.82) is 0 Å². The highest BCUT2D eigenvalue weighted by molar-refractivity contribution is 14.0. The summed E-state index contributed by atoms with van der Waals surface area (Å²) in [7, 11) is 0. The predicted octanol–water partition coefficient (Wildman–Crippen LogP) is 2.91. The highest BCUT2D eigenvalue weighted by atomic mass is 127. The lowest BCUT2D eigenvalue weighted by Crippen LogP contribution is -2.38. The first-order valence-electron chi connectivity index (χ1n) is 9.15. The molecule has 7 heteroatoms. The number of amides is 1. The van der Waals surface area contributed by atoms with Gasteiger partial charge in [0.15, 0.2) is 5.96 Å². The molecule has 0 radical (unpaired) electrons. The lowest BCUT2D eigenvalue weighted by Gasteiger charge is -2.12. The van der Waals surface area contributed by atoms with E-state index in [-0.39, 0.29) is 35.7 Å². The van der Waals surface area contributed by atoms with Crippen LogP contribution in [0.25, 0.3) is 0 Å². The number of guanidine groups is 1. The third-order valence-corrected chi connectivity index (χ3v) is 4.11. The van der Waals surface area contributed by atoms with Crippen LogP contribution in [0.5, 0.6) is 0 Å². The Labute approximate surface area is 172 Å². The van der Waals surface area contributed by atoms with Crippen LogP contribution in [0.1, 0.15) is 43.7 Å². The van der Waals surface area contributed by atoms with Crippen molar-refractivity contribution in [3.63, 3.8) is 0 Å². The van der Waals surface area contributed by atoms with Crippen LogP contribution in [-0.4, -0.2) is 37.5 Å². The molecule has 1 aliphatic rings. The molecule has 0 aromatic heterocycles. The Morgan fingerprint density at radius 1 is 1.31 bits per heavy atom. The van der Waals surface area contributed by atoms with E-state index in [0.717, 1.165) is 55.9 Å². The molecule has 146 valence electrons. The molecule has 1 aliphatic carbocycles. The number of carbonyl (C=O) groups excluding carboxylic acids is 1. The van der Waals surface area contributed by atoms with Crippen LogP contribution in [-0.2, 0) is 11.2 Å². The van der Waals surface area contributed by atoms with E-state index in [4.69, 9.17) is 0 Å². The Morgan fingerprint density at radius 3 is 2.73 bits per heavy atom. The van der Waals surface area contributed by atoms with Crippen molar-refractivity contribution in [1.82, 2.24) is 16.0 Å². The summed E-state index contributed by atoms with van der Waals surface area (Å²) in [5.41, 5.74) is 2.09. The molecule has 5 nitrogen and oxygen atoms in total. The first kappa shape index (κ1) is 22.7. The zero-order valence-corrected chi connectivity index (χ0v) is 17.9. The van der Waals surface area contributed by atoms with Crippen LogP contribution >= 0.6 is 24.0 Å². The number of aliphatic imine (C=N–C) groups is 1. The molecule has 1 aromatic rings. The average molecular weight is 476 g/mol. The van der Waals surface area contributed by atoms with Crippen molar-refractivity contribution in [2.24, 2.45) is 4.99 Å². The van der Waals surface area contributed by atoms with Gasteiger partial charge in [0.25, 0.3) is 0 Å². The number of rotatable bonds is 9. The molecule has 0 saturated heterocycles. The van der Waals surface area contributed by atoms with E-state index >= 15 is 0 Å². The Hall–Kier alpha value is -1.38. The molecule has 0 bridgehead atoms. The number of hydrogen-bond donors (Lipinski definition) is 3. The first-order valence-corrected chi connectivity index (χ1v) is 9.15. The molecule has 1 amide bonds. The number of nitrogens with zero attached hydrogens (tertiary/aromatic N) is 1. The van der Waals surface area contributed by atoms with Gasteiger partial charge in [0.1, 0.15) is 5.82 Å². The van der Waals surface area contributed by atoms with Gasteiger partial charge in [0.05, 0.1) is 0 Å². The highest BCUT2D eigenvalue weighted by Gasteiger charge is 2.22. The minimum absolute atomic E-state index is 0. The van der Waals surface area contributed by atoms with Gasteiger partial charge in [-0.05, 0) is 62.8 Å². The van der Waals surface area contributed by atoms with E-state index in [2.05, 4.69) is 20.9 Å². The second-order valence-electron chi connectivity index (χ2n) is 6.45. The molecular weight excluding hydrogens is 446 g/mol. The summed E-state index contributed by atoms with van der Waals surface area (Å²) in [5.74, 6) is 0.683. The number of halogens is 2. The van der Waals surface area contributed by atoms with Crippen LogP contribution in [0.15, 0.2) is 23.2 Å². The normalized spacial score (nSPS) is 13.7. The maximum atomic E-state index is 13.1. The topological polar surface area (TPSA) is 65.5 Å². The predicted molar refractivity (Wildman–Crippen MR) is 115 cm³/mol. The number of hydrogen-bond acceptors (Lipinski definition) is 2. The number of carbonyl (C=O) groups is 1. The second-order valence-corrected chi connectivity index (χ2v) is 6.45. The van der Waals surface area contributed by atoms with Gasteiger partial charge in [0, 0.05) is 32.1 Å². The van der Waals surface area contributed by atoms with E-state index in [1.807, 2.05) is 19.9 Å². The fourth-order valence-electron chi connectivity index (χ4n) is 2.56. The molecular formula is C19H30FIN4O. The molecule has 0 heterocycles. The zero-order valence-electron chi connectivity index (χ0n) is 15.6. The minimum Gasteiger partial charge on any atom is -0.357 e. The van der Waals surface area contributed by atoms with Gasteiger partial charge in [-0.15, -0.1) is 24.0 Å². The molecule has 0 unspecified atom stereocenters. The summed E-state index contributed by atoms with van der Waals surface area (Å²) in [6.07, 6.45) is 4.30. The van der Waals surface area contributed by atoms with Crippen molar-refractivity contribution in [2.45, 2.75) is 52.0 Å². The molecule has 0 spiro atoms. The van der Waals surface area contributed by atoms with E-state index in [1.54, 1.807) is 6.07 Å². The number of benzene rings is 1. The molecule has 1 fully saturated rings. The van der Waals surface area contributed by atoms with Gasteiger partial charge in [-0.3, -0.25) is 9.79 Å². The van der Waals surface area contributed by atoms with E-state index in [9.17, 15) is 9.18 Å². The maximum absolute atomic E-state index is 13.1. The lowest BCUT2D eigenvalue weighted by molar-refractivity contribution is -0.121. The van der Waals surface area contributed by atoms with Crippen LogP contribution in [0.4, 0.5) is 4.39 Å². The summed E-state index contributed by atoms with van der Waals surface area (Å²) >= 11 is 0. The average Bonchev–Trinajstić information content (AvgIpc) is 3.37. The highest BCUT2D eigenvalue weighted by Crippen LogP contribution is 2.18. The fraction of sp³-hybridized carbons (Fsp3) is 0.579. The minimum atomic E-state index is -0.199. The zero-order chi connectivity index (χ0) is 18.1. The van der Waals surface area contributed by atoms with Gasteiger partial charge in [-0.25, -0.2) is 4.39 Å². The summed E-state index contributed by atoms with van der Waals surface area (Å²) in [4.78, 5) is 16.1. The first-order chi connectivity index (χ1) is 12.1. The Morgan fingerprint density at radius 2 is 2.08 bits per heavy atom. The van der Waals surface area contributed by atoms with Crippen molar-refractivity contribution >= 4 is 35.8 Å². The van der Waals surface area contributed by atoms with E-state index < -0.39 is 0 Å². The lowest BCUT2D eigenvalue weighted by atomic mass is 10.1. The standard InChI is InChI=1S/C19H29FN4O.HI/c1-3-21-19(22-11-4-5-18(25)24-17-8-9-17)23-12-10-15-6-7-16(20)13-14(15)2;/h6-7,13,17H,3-5,8-12H2,1-2H3,(H,24,25)(H2,21,22,23);1H. The number of aryl methyl sites for hydroxylation is 1. The molecule has 1 saturated carbocycles. The second kappa shape index (κ2) is 12.1. The van der Waals surface area contributed by atoms with E-state index in [0.29, 0.717) is 19.0 Å². The fourth-order valence-corrected chi connectivity index (χ4v) is 2.56. The van der Waals surface area contributed by atoms with Crippen molar-refractivity contribution in [3.05, 3.63) is 35.1 Å². The van der Waals surface area contributed by atoms with Gasteiger partial charge in [-0.1, -0.05) is 6.07 Å². The van der Waals surface area contributed by atoms with Gasteiger partial charge in [0.2, 0.25) is 5.91 Å². The Balaban J connectivity index is 0.00000338. The molecule has 26 heavy (non-hydrogen) atoms. The Bertz CT molecular complexity index is 605. The molecule has 0 atom stereocenters. The van der Waals surface area contributed by atoms with Crippen LogP contribution < -0.4 is 16.0 Å². The molecule has 2 rings (SSSR count). The largest absolute Gasteiger partial charge is 0.357 e. The SMILES string of the molecule is CCNC(=NCCCC(=O)NC1CC1)NCCc1ccc(F)cc1C.I. The molecule has 3 N–H and O–H groups in total. The summed E-state index contributed by atoms with van der Waals surface area (Å²) in [5, 5.41) is 9.47. The summed E-state index contributed by atoms with van der Waals surface area (Å²) < 4.78 is 13.1. The van der Waals surface area contributed by atoms with Gasteiger partial charge >= 0.3 is 0 Å². The quantitative estimate of drug-likeness (QED) is 0.222. The van der Waals surface area contributed by atoms with Gasteiger partial charge in [-0.2, -0.15) is 0 Å². The third-order valence-electron chi connectivity index (χ3n) is 4.11. The summed E-state index contributed by atoms with van der Waals surface area (Å²) in [6, 6.07) is 5.30. The third kappa shape index (κ3) is 8.82. The molecule has 1 aromatic carbocycles.